The minimum atomic E-state index is -0.683. The second kappa shape index (κ2) is 8.57. The van der Waals surface area contributed by atoms with Gasteiger partial charge in [0, 0.05) is 6.20 Å². The summed E-state index contributed by atoms with van der Waals surface area (Å²) < 4.78 is 0. The molecule has 0 fully saturated rings. The first-order valence-corrected chi connectivity index (χ1v) is 9.63. The molecular formula is C23H21N5O2. The lowest BCUT2D eigenvalue weighted by Crippen LogP contribution is -2.58. The Labute approximate surface area is 174 Å². The SMILES string of the molecule is C[C@H]1N=C(C(=O)N[C@H](c2ccccc2)c2ccccn2)NN(c2ccccc2)C1=O. The van der Waals surface area contributed by atoms with E-state index in [9.17, 15) is 9.59 Å². The normalized spacial score (nSPS) is 17.0. The van der Waals surface area contributed by atoms with Crippen molar-refractivity contribution in [3.63, 3.8) is 0 Å². The van der Waals surface area contributed by atoms with Gasteiger partial charge in [-0.25, -0.2) is 10.0 Å². The van der Waals surface area contributed by atoms with E-state index in [1.165, 1.54) is 5.01 Å². The van der Waals surface area contributed by atoms with Crippen molar-refractivity contribution in [2.45, 2.75) is 19.0 Å². The number of pyridine rings is 1. The maximum absolute atomic E-state index is 13.1. The van der Waals surface area contributed by atoms with Gasteiger partial charge < -0.3 is 5.32 Å². The smallest absolute Gasteiger partial charge is 0.288 e. The van der Waals surface area contributed by atoms with Crippen molar-refractivity contribution in [1.82, 2.24) is 15.7 Å². The van der Waals surface area contributed by atoms with Gasteiger partial charge in [-0.3, -0.25) is 20.0 Å². The van der Waals surface area contributed by atoms with Crippen molar-refractivity contribution in [3.05, 3.63) is 96.3 Å². The highest BCUT2D eigenvalue weighted by Crippen LogP contribution is 2.21. The first-order chi connectivity index (χ1) is 14.6. The van der Waals surface area contributed by atoms with Gasteiger partial charge in [0.05, 0.1) is 17.4 Å². The molecule has 0 radical (unpaired) electrons. The molecule has 0 saturated heterocycles. The predicted octanol–water partition coefficient (Wildman–Crippen LogP) is 2.63. The van der Waals surface area contributed by atoms with E-state index in [1.807, 2.05) is 66.7 Å². The van der Waals surface area contributed by atoms with E-state index in [-0.39, 0.29) is 11.7 Å². The zero-order valence-electron chi connectivity index (χ0n) is 16.4. The average Bonchev–Trinajstić information content (AvgIpc) is 2.80. The highest BCUT2D eigenvalue weighted by Gasteiger charge is 2.31. The summed E-state index contributed by atoms with van der Waals surface area (Å²) in [5, 5.41) is 4.35. The number of hydrogen-bond acceptors (Lipinski definition) is 5. The fourth-order valence-corrected chi connectivity index (χ4v) is 3.22. The van der Waals surface area contributed by atoms with Gasteiger partial charge in [-0.05, 0) is 36.8 Å². The molecular weight excluding hydrogens is 378 g/mol. The van der Waals surface area contributed by atoms with Crippen LogP contribution in [0.5, 0.6) is 0 Å². The van der Waals surface area contributed by atoms with Crippen LogP contribution in [-0.2, 0) is 9.59 Å². The number of amidine groups is 1. The van der Waals surface area contributed by atoms with Crippen molar-refractivity contribution in [3.8, 4) is 0 Å². The number of carbonyl (C=O) groups is 2. The summed E-state index contributed by atoms with van der Waals surface area (Å²) in [4.78, 5) is 34.4. The zero-order valence-corrected chi connectivity index (χ0v) is 16.4. The molecule has 0 saturated carbocycles. The van der Waals surface area contributed by atoms with Crippen LogP contribution >= 0.6 is 0 Å². The zero-order chi connectivity index (χ0) is 20.9. The van der Waals surface area contributed by atoms with Crippen LogP contribution in [0.25, 0.3) is 0 Å². The molecule has 1 aliphatic heterocycles. The van der Waals surface area contributed by atoms with Crippen LogP contribution in [-0.4, -0.2) is 28.7 Å². The summed E-state index contributed by atoms with van der Waals surface area (Å²) in [6, 6.07) is 23.1. The topological polar surface area (TPSA) is 86.7 Å². The highest BCUT2D eigenvalue weighted by atomic mass is 16.2. The van der Waals surface area contributed by atoms with Gasteiger partial charge in [0.1, 0.15) is 6.04 Å². The minimum absolute atomic E-state index is 0.0721. The lowest BCUT2D eigenvalue weighted by atomic mass is 10.0. The van der Waals surface area contributed by atoms with Crippen LogP contribution in [0.1, 0.15) is 24.2 Å². The number of aliphatic imine (C=N–C) groups is 1. The lowest BCUT2D eigenvalue weighted by molar-refractivity contribution is -0.120. The van der Waals surface area contributed by atoms with Gasteiger partial charge in [0.2, 0.25) is 5.84 Å². The summed E-state index contributed by atoms with van der Waals surface area (Å²) in [5.74, 6) is -0.584. The average molecular weight is 399 g/mol. The van der Waals surface area contributed by atoms with Crippen LogP contribution in [0.4, 0.5) is 5.69 Å². The number of amides is 2. The molecule has 2 N–H and O–H groups in total. The molecule has 2 aromatic carbocycles. The number of hydrazine groups is 1. The van der Waals surface area contributed by atoms with Crippen molar-refractivity contribution < 1.29 is 9.59 Å². The van der Waals surface area contributed by atoms with Gasteiger partial charge >= 0.3 is 0 Å². The molecule has 3 aromatic rings. The maximum Gasteiger partial charge on any atom is 0.288 e. The van der Waals surface area contributed by atoms with E-state index in [0.717, 1.165) is 5.56 Å². The monoisotopic (exact) mass is 399 g/mol. The Balaban J connectivity index is 1.61. The first kappa shape index (κ1) is 19.3. The standard InChI is InChI=1S/C23H21N5O2/c1-16-23(30)28(18-12-6-3-7-13-18)27-21(25-16)22(29)26-20(17-10-4-2-5-11-17)19-14-8-9-15-24-19/h2-16,20H,1H3,(H,25,27)(H,26,29)/t16-,20-/m1/s1. The molecule has 1 aromatic heterocycles. The third kappa shape index (κ3) is 4.05. The molecule has 0 bridgehead atoms. The number of para-hydroxylation sites is 1. The second-order valence-corrected chi connectivity index (χ2v) is 6.85. The third-order valence-corrected chi connectivity index (χ3v) is 4.74. The number of rotatable bonds is 5. The van der Waals surface area contributed by atoms with Gasteiger partial charge in [-0.2, -0.15) is 0 Å². The minimum Gasteiger partial charge on any atom is -0.337 e. The maximum atomic E-state index is 13.1. The van der Waals surface area contributed by atoms with E-state index in [2.05, 4.69) is 20.7 Å². The Bertz CT molecular complexity index is 1020. The molecule has 150 valence electrons. The van der Waals surface area contributed by atoms with Crippen LogP contribution in [0.3, 0.4) is 0 Å². The Hall–Kier alpha value is -4.00. The van der Waals surface area contributed by atoms with Crippen LogP contribution < -0.4 is 15.8 Å². The van der Waals surface area contributed by atoms with Crippen LogP contribution in [0.2, 0.25) is 0 Å². The highest BCUT2D eigenvalue weighted by molar-refractivity contribution is 6.39. The van der Waals surface area contributed by atoms with E-state index >= 15 is 0 Å². The Morgan fingerprint density at radius 3 is 2.33 bits per heavy atom. The molecule has 0 aliphatic carbocycles. The quantitative estimate of drug-likeness (QED) is 0.691. The third-order valence-electron chi connectivity index (χ3n) is 4.74. The summed E-state index contributed by atoms with van der Waals surface area (Å²) in [6.45, 7) is 1.67. The summed E-state index contributed by atoms with van der Waals surface area (Å²) in [6.07, 6.45) is 1.69. The van der Waals surface area contributed by atoms with Crippen molar-refractivity contribution in [2.24, 2.45) is 4.99 Å². The molecule has 1 aliphatic rings. The Kier molecular flexibility index (Phi) is 5.52. The number of benzene rings is 2. The second-order valence-electron chi connectivity index (χ2n) is 6.85. The van der Waals surface area contributed by atoms with E-state index in [1.54, 1.807) is 25.3 Å². The van der Waals surface area contributed by atoms with Gasteiger partial charge in [0.15, 0.2) is 0 Å². The van der Waals surface area contributed by atoms with Crippen molar-refractivity contribution >= 4 is 23.3 Å². The van der Waals surface area contributed by atoms with Gasteiger partial charge in [0.25, 0.3) is 11.8 Å². The van der Waals surface area contributed by atoms with Gasteiger partial charge in [-0.1, -0.05) is 54.6 Å². The van der Waals surface area contributed by atoms with E-state index in [4.69, 9.17) is 0 Å². The molecule has 0 spiro atoms. The number of carbonyl (C=O) groups excluding carboxylic acids is 2. The molecule has 30 heavy (non-hydrogen) atoms. The fraction of sp³-hybridized carbons (Fsp3) is 0.130. The van der Waals surface area contributed by atoms with Crippen molar-refractivity contribution in [2.75, 3.05) is 5.01 Å². The summed E-state index contributed by atoms with van der Waals surface area (Å²) >= 11 is 0. The predicted molar refractivity (Wildman–Crippen MR) is 115 cm³/mol. The Morgan fingerprint density at radius 1 is 1.00 bits per heavy atom. The number of anilines is 1. The number of nitrogens with zero attached hydrogens (tertiary/aromatic N) is 3. The molecule has 0 unspecified atom stereocenters. The summed E-state index contributed by atoms with van der Waals surface area (Å²) in [7, 11) is 0. The number of nitrogens with one attached hydrogen (secondary N) is 2. The molecule has 7 heteroatoms. The molecule has 2 heterocycles. The molecule has 7 nitrogen and oxygen atoms in total. The number of aromatic nitrogens is 1. The number of hydrogen-bond donors (Lipinski definition) is 2. The van der Waals surface area contributed by atoms with Crippen molar-refractivity contribution in [1.29, 1.82) is 0 Å². The lowest BCUT2D eigenvalue weighted by Gasteiger charge is -2.31. The molecule has 2 amide bonds. The van der Waals surface area contributed by atoms with Crippen LogP contribution in [0, 0.1) is 0 Å². The fourth-order valence-electron chi connectivity index (χ4n) is 3.22. The van der Waals surface area contributed by atoms with Gasteiger partial charge in [-0.15, -0.1) is 0 Å². The molecule has 4 rings (SSSR count). The van der Waals surface area contributed by atoms with E-state index < -0.39 is 18.0 Å². The Morgan fingerprint density at radius 2 is 1.67 bits per heavy atom. The van der Waals surface area contributed by atoms with Crippen LogP contribution in [0.15, 0.2) is 90.1 Å². The largest absolute Gasteiger partial charge is 0.337 e. The first-order valence-electron chi connectivity index (χ1n) is 9.63. The summed E-state index contributed by atoms with van der Waals surface area (Å²) in [5.41, 5.74) is 5.10. The van der Waals surface area contributed by atoms with E-state index in [0.29, 0.717) is 11.4 Å². The molecule has 2 atom stereocenters.